The third-order valence-corrected chi connectivity index (χ3v) is 11.0. The molecule has 2 aromatic carbocycles. The molecule has 2 aromatic heterocycles. The van der Waals surface area contributed by atoms with Crippen LogP contribution in [0.25, 0.3) is 10.9 Å². The zero-order valence-electron chi connectivity index (χ0n) is 27.3. The van der Waals surface area contributed by atoms with E-state index < -0.39 is 5.54 Å². The summed E-state index contributed by atoms with van der Waals surface area (Å²) in [5, 5.41) is 4.47. The second kappa shape index (κ2) is 12.3. The molecule has 3 heterocycles. The molecule has 2 N–H and O–H groups in total. The Bertz CT molecular complexity index is 1680. The van der Waals surface area contributed by atoms with Crippen LogP contribution in [0.3, 0.4) is 0 Å². The van der Waals surface area contributed by atoms with Gasteiger partial charge in [-0.2, -0.15) is 0 Å². The van der Waals surface area contributed by atoms with Gasteiger partial charge in [-0.25, -0.2) is 0 Å². The Morgan fingerprint density at radius 2 is 1.72 bits per heavy atom. The van der Waals surface area contributed by atoms with Crippen LogP contribution < -0.4 is 10.2 Å². The zero-order valence-corrected chi connectivity index (χ0v) is 27.3. The van der Waals surface area contributed by atoms with Crippen molar-refractivity contribution in [3.63, 3.8) is 0 Å². The summed E-state index contributed by atoms with van der Waals surface area (Å²) in [5.74, 6) is 1.05. The summed E-state index contributed by atoms with van der Waals surface area (Å²) in [6, 6.07) is 20.2. The molecule has 8 nitrogen and oxygen atoms in total. The number of rotatable bonds is 9. The van der Waals surface area contributed by atoms with Crippen molar-refractivity contribution in [2.45, 2.75) is 77.3 Å². The van der Waals surface area contributed by atoms with Crippen LogP contribution in [0.15, 0.2) is 71.3 Å². The number of benzene rings is 2. The fourth-order valence-corrected chi connectivity index (χ4v) is 8.31. The number of amides is 2. The first-order chi connectivity index (χ1) is 22.3. The Balaban J connectivity index is 1.16. The van der Waals surface area contributed by atoms with E-state index in [1.54, 1.807) is 6.26 Å². The third kappa shape index (κ3) is 5.61. The molecule has 2 amide bonds. The molecule has 0 bridgehead atoms. The molecule has 4 aromatic rings. The van der Waals surface area contributed by atoms with Crippen LogP contribution >= 0.6 is 0 Å². The highest BCUT2D eigenvalue weighted by Crippen LogP contribution is 2.67. The van der Waals surface area contributed by atoms with E-state index in [9.17, 15) is 9.59 Å². The van der Waals surface area contributed by atoms with E-state index in [-0.39, 0.29) is 35.6 Å². The maximum atomic E-state index is 14.6. The van der Waals surface area contributed by atoms with Gasteiger partial charge in [-0.3, -0.25) is 9.59 Å². The summed E-state index contributed by atoms with van der Waals surface area (Å²) < 4.78 is 11.3. The minimum absolute atomic E-state index is 0.0224. The molecule has 2 atom stereocenters. The van der Waals surface area contributed by atoms with E-state index in [0.717, 1.165) is 62.5 Å². The number of hydrogen-bond donors (Lipinski definition) is 2. The van der Waals surface area contributed by atoms with Crippen molar-refractivity contribution in [3.8, 4) is 0 Å². The van der Waals surface area contributed by atoms with Crippen LogP contribution in [0.1, 0.15) is 75.3 Å². The van der Waals surface area contributed by atoms with Gasteiger partial charge in [0.1, 0.15) is 11.3 Å². The van der Waals surface area contributed by atoms with Gasteiger partial charge in [0.05, 0.1) is 26.0 Å². The summed E-state index contributed by atoms with van der Waals surface area (Å²) in [7, 11) is 0. The quantitative estimate of drug-likeness (QED) is 0.203. The topological polar surface area (TPSA) is 90.8 Å². The number of ether oxygens (including phenoxy) is 1. The summed E-state index contributed by atoms with van der Waals surface area (Å²) in [5.41, 5.74) is 4.51. The number of aromatic nitrogens is 1. The fraction of sp³-hybridized carbons (Fsp3) is 0.474. The van der Waals surface area contributed by atoms with Crippen LogP contribution in [0.2, 0.25) is 0 Å². The highest BCUT2D eigenvalue weighted by Gasteiger charge is 2.60. The van der Waals surface area contributed by atoms with Crippen molar-refractivity contribution in [2.75, 3.05) is 36.5 Å². The fourth-order valence-electron chi connectivity index (χ4n) is 8.31. The summed E-state index contributed by atoms with van der Waals surface area (Å²) >= 11 is 0. The zero-order chi connectivity index (χ0) is 31.9. The Morgan fingerprint density at radius 1 is 0.978 bits per heavy atom. The number of furan rings is 1. The molecular weight excluding hydrogens is 576 g/mol. The predicted octanol–water partition coefficient (Wildman–Crippen LogP) is 7.41. The van der Waals surface area contributed by atoms with Gasteiger partial charge in [0, 0.05) is 47.5 Å². The van der Waals surface area contributed by atoms with Gasteiger partial charge < -0.3 is 29.3 Å². The number of carbonyl (C=O) groups excluding carboxylic acids is 2. The molecule has 8 heteroatoms. The van der Waals surface area contributed by atoms with Gasteiger partial charge in [-0.05, 0) is 85.0 Å². The number of aromatic amines is 1. The Morgan fingerprint density at radius 3 is 2.43 bits per heavy atom. The summed E-state index contributed by atoms with van der Waals surface area (Å²) in [4.78, 5) is 36.8. The lowest BCUT2D eigenvalue weighted by Crippen LogP contribution is -2.59. The number of aryl methyl sites for hydroxylation is 1. The van der Waals surface area contributed by atoms with Gasteiger partial charge in [0.2, 0.25) is 11.8 Å². The minimum Gasteiger partial charge on any atom is -0.467 e. The Kier molecular flexibility index (Phi) is 8.17. The second-order valence-electron chi connectivity index (χ2n) is 14.1. The molecule has 1 saturated heterocycles. The van der Waals surface area contributed by atoms with Gasteiger partial charge in [-0.15, -0.1) is 0 Å². The van der Waals surface area contributed by atoms with Crippen molar-refractivity contribution >= 4 is 34.1 Å². The number of nitrogens with one attached hydrogen (secondary N) is 2. The van der Waals surface area contributed by atoms with E-state index in [1.165, 1.54) is 16.6 Å². The van der Waals surface area contributed by atoms with Gasteiger partial charge in [0.15, 0.2) is 0 Å². The van der Waals surface area contributed by atoms with Crippen LogP contribution in [0.4, 0.5) is 11.4 Å². The highest BCUT2D eigenvalue weighted by molar-refractivity contribution is 6.01. The molecule has 0 spiro atoms. The van der Waals surface area contributed by atoms with Gasteiger partial charge in [-0.1, -0.05) is 51.3 Å². The van der Waals surface area contributed by atoms with Crippen molar-refractivity contribution in [2.24, 2.45) is 11.3 Å². The molecule has 2 aliphatic carbocycles. The van der Waals surface area contributed by atoms with Gasteiger partial charge >= 0.3 is 0 Å². The van der Waals surface area contributed by atoms with Crippen molar-refractivity contribution < 1.29 is 18.7 Å². The average Bonchev–Trinajstić information content (AvgIpc) is 3.43. The number of anilines is 2. The molecule has 46 heavy (non-hydrogen) atoms. The first-order valence-electron chi connectivity index (χ1n) is 16.9. The number of para-hydroxylation sites is 1. The predicted molar refractivity (Wildman–Crippen MR) is 181 cm³/mol. The van der Waals surface area contributed by atoms with Gasteiger partial charge in [0.25, 0.3) is 0 Å². The molecule has 3 aliphatic rings. The molecule has 2 unspecified atom stereocenters. The number of nitrogens with zero attached hydrogens (tertiary/aromatic N) is 2. The Hall–Kier alpha value is -4.04. The minimum atomic E-state index is -0.948. The van der Waals surface area contributed by atoms with Crippen LogP contribution in [-0.4, -0.2) is 53.5 Å². The van der Waals surface area contributed by atoms with Crippen molar-refractivity contribution in [3.05, 3.63) is 83.9 Å². The standard InChI is InChI=1S/C38H46N4O4/c1-26-34(30-11-5-6-12-32(30)39-26)35-31(37(35,2)3)24-33(43)42(25-29-10-9-21-46-29)38(17-7-4-8-18-38)36(44)40-27-13-15-28(16-14-27)41-19-22-45-23-20-41/h5-6,9-16,21,31,35,39H,4,7-8,17-20,22-25H2,1-3H3,(H,40,44). The highest BCUT2D eigenvalue weighted by atomic mass is 16.5. The van der Waals surface area contributed by atoms with E-state index in [0.29, 0.717) is 25.0 Å². The lowest BCUT2D eigenvalue weighted by Gasteiger charge is -2.45. The molecular formula is C38H46N4O4. The monoisotopic (exact) mass is 622 g/mol. The van der Waals surface area contributed by atoms with Crippen LogP contribution in [0, 0.1) is 18.3 Å². The van der Waals surface area contributed by atoms with Crippen LogP contribution in [-0.2, 0) is 20.9 Å². The number of fused-ring (bicyclic) bond motifs is 1. The maximum absolute atomic E-state index is 14.6. The normalized spacial score (nSPS) is 22.0. The SMILES string of the molecule is Cc1[nH]c2ccccc2c1C1C(CC(=O)N(Cc2ccco2)C2(C(=O)Nc3ccc(N4CCOCC4)cc3)CCCCC2)C1(C)C. The summed E-state index contributed by atoms with van der Waals surface area (Å²) in [6.07, 6.45) is 6.16. The number of hydrogen-bond acceptors (Lipinski definition) is 5. The molecule has 3 fully saturated rings. The maximum Gasteiger partial charge on any atom is 0.250 e. The van der Waals surface area contributed by atoms with Crippen LogP contribution in [0.5, 0.6) is 0 Å². The van der Waals surface area contributed by atoms with Crippen molar-refractivity contribution in [1.29, 1.82) is 0 Å². The van der Waals surface area contributed by atoms with E-state index >= 15 is 0 Å². The largest absolute Gasteiger partial charge is 0.467 e. The average molecular weight is 623 g/mol. The van der Waals surface area contributed by atoms with E-state index in [4.69, 9.17) is 9.15 Å². The first-order valence-corrected chi connectivity index (χ1v) is 16.9. The Labute approximate surface area is 271 Å². The molecule has 242 valence electrons. The second-order valence-corrected chi connectivity index (χ2v) is 14.1. The van der Waals surface area contributed by atoms with E-state index in [2.05, 4.69) is 72.4 Å². The molecule has 7 rings (SSSR count). The lowest BCUT2D eigenvalue weighted by atomic mass is 9.78. The number of morpholine rings is 1. The summed E-state index contributed by atoms with van der Waals surface area (Å²) in [6.45, 7) is 10.1. The van der Waals surface area contributed by atoms with Crippen molar-refractivity contribution in [1.82, 2.24) is 9.88 Å². The first kappa shape index (κ1) is 30.6. The smallest absolute Gasteiger partial charge is 0.250 e. The number of carbonyl (C=O) groups is 2. The molecule has 0 radical (unpaired) electrons. The number of H-pyrrole nitrogens is 1. The molecule has 2 saturated carbocycles. The van der Waals surface area contributed by atoms with E-state index in [1.807, 2.05) is 29.2 Å². The molecule has 1 aliphatic heterocycles. The lowest BCUT2D eigenvalue weighted by molar-refractivity contribution is -0.149. The third-order valence-electron chi connectivity index (χ3n) is 11.0.